The first kappa shape index (κ1) is 17.0. The molecule has 0 fully saturated rings. The average molecular weight is 350 g/mol. The van der Waals surface area contributed by atoms with Crippen molar-refractivity contribution in [3.05, 3.63) is 63.6 Å². The molecule has 7 heteroatoms. The summed E-state index contributed by atoms with van der Waals surface area (Å²) in [6, 6.07) is 11.5. The maximum atomic E-state index is 12.0. The average Bonchev–Trinajstić information content (AvgIpc) is 2.49. The number of amides is 2. The van der Waals surface area contributed by atoms with E-state index in [0.717, 1.165) is 0 Å². The first-order valence-corrected chi connectivity index (χ1v) is 7.37. The summed E-state index contributed by atoms with van der Waals surface area (Å²) in [6.45, 7) is 1.40. The third-order valence-corrected chi connectivity index (χ3v) is 3.34. The molecule has 0 aliphatic rings. The van der Waals surface area contributed by atoms with Crippen molar-refractivity contribution in [3.63, 3.8) is 0 Å². The molecule has 0 aliphatic carbocycles. The minimum atomic E-state index is -0.404. The van der Waals surface area contributed by atoms with E-state index in [-0.39, 0.29) is 5.91 Å². The van der Waals surface area contributed by atoms with Crippen LogP contribution in [0.15, 0.2) is 47.6 Å². The molecule has 2 aromatic rings. The Morgan fingerprint density at radius 3 is 2.61 bits per heavy atom. The zero-order valence-corrected chi connectivity index (χ0v) is 13.7. The number of nitrogens with one attached hydrogen (secondary N) is 2. The summed E-state index contributed by atoms with van der Waals surface area (Å²) in [6.07, 6.45) is 1.42. The van der Waals surface area contributed by atoms with Crippen molar-refractivity contribution in [1.29, 1.82) is 0 Å². The second-order valence-corrected chi connectivity index (χ2v) is 5.47. The van der Waals surface area contributed by atoms with Gasteiger partial charge in [0, 0.05) is 28.8 Å². The SMILES string of the molecule is CC(=O)Nc1cccc(C(=O)NN=Cc2ccc(Cl)cc2Cl)c1. The normalized spacial score (nSPS) is 10.6. The summed E-state index contributed by atoms with van der Waals surface area (Å²) < 4.78 is 0. The molecule has 2 amide bonds. The zero-order chi connectivity index (χ0) is 16.8. The van der Waals surface area contributed by atoms with Crippen LogP contribution in [0.5, 0.6) is 0 Å². The lowest BCUT2D eigenvalue weighted by Gasteiger charge is -2.04. The number of rotatable bonds is 4. The minimum Gasteiger partial charge on any atom is -0.326 e. The Bertz CT molecular complexity index is 776. The van der Waals surface area contributed by atoms with Crippen molar-refractivity contribution in [2.24, 2.45) is 5.10 Å². The molecular weight excluding hydrogens is 337 g/mol. The number of anilines is 1. The van der Waals surface area contributed by atoms with Crippen molar-refractivity contribution in [2.45, 2.75) is 6.92 Å². The Balaban J connectivity index is 2.04. The number of hydrogen-bond acceptors (Lipinski definition) is 3. The lowest BCUT2D eigenvalue weighted by Crippen LogP contribution is -2.18. The fourth-order valence-electron chi connectivity index (χ4n) is 1.77. The van der Waals surface area contributed by atoms with E-state index in [2.05, 4.69) is 15.8 Å². The highest BCUT2D eigenvalue weighted by atomic mass is 35.5. The quantitative estimate of drug-likeness (QED) is 0.652. The van der Waals surface area contributed by atoms with Gasteiger partial charge in [0.25, 0.3) is 5.91 Å². The summed E-state index contributed by atoms with van der Waals surface area (Å²) in [5, 5.41) is 7.42. The molecule has 118 valence electrons. The van der Waals surface area contributed by atoms with Crippen LogP contribution in [0.25, 0.3) is 0 Å². The van der Waals surface area contributed by atoms with Gasteiger partial charge in [-0.2, -0.15) is 5.10 Å². The van der Waals surface area contributed by atoms with Crippen LogP contribution in [0.4, 0.5) is 5.69 Å². The smallest absolute Gasteiger partial charge is 0.271 e. The number of benzene rings is 2. The molecule has 0 spiro atoms. The summed E-state index contributed by atoms with van der Waals surface area (Å²) in [5.74, 6) is -0.614. The van der Waals surface area contributed by atoms with E-state index in [1.54, 1.807) is 42.5 Å². The highest BCUT2D eigenvalue weighted by Crippen LogP contribution is 2.19. The van der Waals surface area contributed by atoms with Gasteiger partial charge >= 0.3 is 0 Å². The molecule has 5 nitrogen and oxygen atoms in total. The monoisotopic (exact) mass is 349 g/mol. The fourth-order valence-corrected chi connectivity index (χ4v) is 2.23. The third-order valence-electron chi connectivity index (χ3n) is 2.78. The van der Waals surface area contributed by atoms with Gasteiger partial charge in [-0.05, 0) is 30.3 Å². The molecule has 0 atom stereocenters. The van der Waals surface area contributed by atoms with Crippen molar-refractivity contribution < 1.29 is 9.59 Å². The summed E-state index contributed by atoms with van der Waals surface area (Å²) in [4.78, 5) is 23.0. The van der Waals surface area contributed by atoms with Gasteiger partial charge in [0.1, 0.15) is 0 Å². The lowest BCUT2D eigenvalue weighted by molar-refractivity contribution is -0.114. The molecule has 0 aromatic heterocycles. The Morgan fingerprint density at radius 1 is 1.13 bits per heavy atom. The Hall–Kier alpha value is -2.37. The molecule has 0 saturated carbocycles. The maximum Gasteiger partial charge on any atom is 0.271 e. The van der Waals surface area contributed by atoms with E-state index >= 15 is 0 Å². The molecule has 0 heterocycles. The van der Waals surface area contributed by atoms with Gasteiger partial charge in [0.2, 0.25) is 5.91 Å². The van der Waals surface area contributed by atoms with E-state index in [4.69, 9.17) is 23.2 Å². The van der Waals surface area contributed by atoms with Gasteiger partial charge in [-0.1, -0.05) is 35.3 Å². The topological polar surface area (TPSA) is 70.6 Å². The second-order valence-electron chi connectivity index (χ2n) is 4.63. The number of hydrogen-bond donors (Lipinski definition) is 2. The van der Waals surface area contributed by atoms with Crippen LogP contribution in [-0.2, 0) is 4.79 Å². The number of carbonyl (C=O) groups excluding carboxylic acids is 2. The number of carbonyl (C=O) groups is 2. The first-order chi connectivity index (χ1) is 11.0. The predicted molar refractivity (Wildman–Crippen MR) is 92.3 cm³/mol. The summed E-state index contributed by atoms with van der Waals surface area (Å²) >= 11 is 11.8. The van der Waals surface area contributed by atoms with Crippen molar-refractivity contribution in [2.75, 3.05) is 5.32 Å². The minimum absolute atomic E-state index is 0.210. The van der Waals surface area contributed by atoms with Gasteiger partial charge in [-0.3, -0.25) is 9.59 Å². The van der Waals surface area contributed by atoms with E-state index < -0.39 is 5.91 Å². The molecule has 0 aliphatic heterocycles. The molecule has 2 rings (SSSR count). The molecule has 0 bridgehead atoms. The van der Waals surface area contributed by atoms with Gasteiger partial charge in [-0.25, -0.2) is 5.43 Å². The second kappa shape index (κ2) is 7.76. The molecule has 2 N–H and O–H groups in total. The maximum absolute atomic E-state index is 12.0. The standard InChI is InChI=1S/C16H13Cl2N3O2/c1-10(22)20-14-4-2-3-11(7-14)16(23)21-19-9-12-5-6-13(17)8-15(12)18/h2-9H,1H3,(H,20,22)(H,21,23). The van der Waals surface area contributed by atoms with Crippen molar-refractivity contribution >= 4 is 46.9 Å². The largest absolute Gasteiger partial charge is 0.326 e. The van der Waals surface area contributed by atoms with Gasteiger partial charge in [-0.15, -0.1) is 0 Å². The van der Waals surface area contributed by atoms with Crippen LogP contribution < -0.4 is 10.7 Å². The van der Waals surface area contributed by atoms with E-state index in [0.29, 0.717) is 26.9 Å². The summed E-state index contributed by atoms with van der Waals surface area (Å²) in [5.41, 5.74) is 3.93. The fraction of sp³-hybridized carbons (Fsp3) is 0.0625. The van der Waals surface area contributed by atoms with Crippen LogP contribution in [0.2, 0.25) is 10.0 Å². The molecule has 23 heavy (non-hydrogen) atoms. The Morgan fingerprint density at radius 2 is 1.91 bits per heavy atom. The molecule has 0 saturated heterocycles. The van der Waals surface area contributed by atoms with Crippen LogP contribution in [0.1, 0.15) is 22.8 Å². The van der Waals surface area contributed by atoms with Crippen LogP contribution in [0, 0.1) is 0 Å². The Kier molecular flexibility index (Phi) is 5.73. The zero-order valence-electron chi connectivity index (χ0n) is 12.1. The summed E-state index contributed by atoms with van der Waals surface area (Å²) in [7, 11) is 0. The van der Waals surface area contributed by atoms with Crippen LogP contribution in [0.3, 0.4) is 0 Å². The highest BCUT2D eigenvalue weighted by Gasteiger charge is 2.06. The number of nitrogens with zero attached hydrogens (tertiary/aromatic N) is 1. The van der Waals surface area contributed by atoms with Gasteiger partial charge in [0.05, 0.1) is 11.2 Å². The molecule has 0 radical (unpaired) electrons. The molecule has 2 aromatic carbocycles. The first-order valence-electron chi connectivity index (χ1n) is 6.62. The molecule has 0 unspecified atom stereocenters. The highest BCUT2D eigenvalue weighted by molar-refractivity contribution is 6.36. The van der Waals surface area contributed by atoms with E-state index in [1.807, 2.05) is 0 Å². The lowest BCUT2D eigenvalue weighted by atomic mass is 10.2. The van der Waals surface area contributed by atoms with Crippen LogP contribution in [-0.4, -0.2) is 18.0 Å². The van der Waals surface area contributed by atoms with E-state index in [9.17, 15) is 9.59 Å². The van der Waals surface area contributed by atoms with Crippen LogP contribution >= 0.6 is 23.2 Å². The van der Waals surface area contributed by atoms with Gasteiger partial charge < -0.3 is 5.32 Å². The van der Waals surface area contributed by atoms with Crippen molar-refractivity contribution in [3.8, 4) is 0 Å². The number of hydrazone groups is 1. The molecular formula is C16H13Cl2N3O2. The number of halogens is 2. The van der Waals surface area contributed by atoms with E-state index in [1.165, 1.54) is 13.1 Å². The predicted octanol–water partition coefficient (Wildman–Crippen LogP) is 3.72. The van der Waals surface area contributed by atoms with Crippen molar-refractivity contribution in [1.82, 2.24) is 5.43 Å². The Labute approximate surface area is 143 Å². The third kappa shape index (κ3) is 5.09. The van der Waals surface area contributed by atoms with Gasteiger partial charge in [0.15, 0.2) is 0 Å².